The molecule has 0 aliphatic carbocycles. The van der Waals surface area contributed by atoms with E-state index in [2.05, 4.69) is 18.8 Å². The number of carbonyl (C=O) groups is 1. The average Bonchev–Trinajstić information content (AvgIpc) is 2.44. The van der Waals surface area contributed by atoms with Crippen molar-refractivity contribution in [2.45, 2.75) is 78.4 Å². The fourth-order valence-corrected chi connectivity index (χ4v) is 1.88. The third-order valence-electron chi connectivity index (χ3n) is 2.97. The molecule has 0 aromatic carbocycles. The smallest absolute Gasteiger partial charge is 0.222 e. The number of Topliss-reactive ketones (excluding diaryl/α,β-unsaturated/α-hetero) is 1. The Labute approximate surface area is 124 Å². The van der Waals surface area contributed by atoms with E-state index in [1.807, 2.05) is 13.8 Å². The summed E-state index contributed by atoms with van der Waals surface area (Å²) in [5, 5.41) is 0. The molecular formula is C17H30O3. The van der Waals surface area contributed by atoms with Gasteiger partial charge in [-0.05, 0) is 32.1 Å². The lowest BCUT2D eigenvalue weighted by Gasteiger charge is -2.09. The molecule has 0 N–H and O–H groups in total. The summed E-state index contributed by atoms with van der Waals surface area (Å²) >= 11 is 0. The Hall–Kier alpha value is -0.850. The zero-order valence-corrected chi connectivity index (χ0v) is 13.4. The Balaban J connectivity index is 3.71. The summed E-state index contributed by atoms with van der Waals surface area (Å²) in [7, 11) is 0. The van der Waals surface area contributed by atoms with Gasteiger partial charge < -0.3 is 9.47 Å². The van der Waals surface area contributed by atoms with Crippen molar-refractivity contribution >= 4 is 5.78 Å². The molecule has 0 rings (SSSR count). The summed E-state index contributed by atoms with van der Waals surface area (Å²) in [5.41, 5.74) is 0. The van der Waals surface area contributed by atoms with Gasteiger partial charge in [0.1, 0.15) is 0 Å². The zero-order valence-electron chi connectivity index (χ0n) is 13.4. The summed E-state index contributed by atoms with van der Waals surface area (Å²) in [5.74, 6) is 5.36. The molecule has 0 aliphatic heterocycles. The van der Waals surface area contributed by atoms with Gasteiger partial charge in [0.2, 0.25) is 12.1 Å². The first kappa shape index (κ1) is 19.1. The minimum atomic E-state index is -0.567. The molecule has 0 fully saturated rings. The topological polar surface area (TPSA) is 35.5 Å². The van der Waals surface area contributed by atoms with Crippen molar-refractivity contribution in [1.82, 2.24) is 0 Å². The minimum absolute atomic E-state index is 0.0111. The largest absolute Gasteiger partial charge is 0.342 e. The van der Waals surface area contributed by atoms with Crippen LogP contribution in [0.5, 0.6) is 0 Å². The highest BCUT2D eigenvalue weighted by Gasteiger charge is 2.03. The van der Waals surface area contributed by atoms with Gasteiger partial charge in [-0.2, -0.15) is 0 Å². The Bertz CT molecular complexity index is 282. The van der Waals surface area contributed by atoms with Crippen LogP contribution in [0.2, 0.25) is 0 Å². The maximum absolute atomic E-state index is 11.6. The van der Waals surface area contributed by atoms with Crippen LogP contribution in [0, 0.1) is 11.8 Å². The lowest BCUT2D eigenvalue weighted by Crippen LogP contribution is -2.15. The highest BCUT2D eigenvalue weighted by molar-refractivity contribution is 5.95. The minimum Gasteiger partial charge on any atom is -0.342 e. The third kappa shape index (κ3) is 12.2. The molecule has 0 radical (unpaired) electrons. The monoisotopic (exact) mass is 282 g/mol. The number of unbranched alkanes of at least 4 members (excludes halogenated alkanes) is 6. The van der Waals surface area contributed by atoms with Crippen LogP contribution >= 0.6 is 0 Å². The molecule has 3 nitrogen and oxygen atoms in total. The van der Waals surface area contributed by atoms with Gasteiger partial charge in [-0.15, -0.1) is 0 Å². The Morgan fingerprint density at radius 2 is 1.45 bits per heavy atom. The Morgan fingerprint density at radius 3 is 2.00 bits per heavy atom. The summed E-state index contributed by atoms with van der Waals surface area (Å²) in [6.07, 6.45) is 8.45. The molecule has 20 heavy (non-hydrogen) atoms. The highest BCUT2D eigenvalue weighted by atomic mass is 16.7. The van der Waals surface area contributed by atoms with Gasteiger partial charge in [0, 0.05) is 19.6 Å². The number of rotatable bonds is 12. The van der Waals surface area contributed by atoms with Crippen LogP contribution in [-0.4, -0.2) is 25.3 Å². The van der Waals surface area contributed by atoms with Gasteiger partial charge in [0.25, 0.3) is 0 Å². The van der Waals surface area contributed by atoms with E-state index in [0.717, 1.165) is 12.8 Å². The summed E-state index contributed by atoms with van der Waals surface area (Å²) in [6, 6.07) is 0. The van der Waals surface area contributed by atoms with Crippen LogP contribution in [0.3, 0.4) is 0 Å². The molecule has 0 heterocycles. The molecule has 3 heteroatoms. The second kappa shape index (κ2) is 14.6. The van der Waals surface area contributed by atoms with Crippen molar-refractivity contribution in [1.29, 1.82) is 0 Å². The van der Waals surface area contributed by atoms with E-state index in [-0.39, 0.29) is 5.78 Å². The third-order valence-corrected chi connectivity index (χ3v) is 2.97. The predicted molar refractivity (Wildman–Crippen MR) is 82.4 cm³/mol. The number of ether oxygens (including phenoxy) is 2. The van der Waals surface area contributed by atoms with Crippen LogP contribution in [0.15, 0.2) is 0 Å². The zero-order chi connectivity index (χ0) is 15.1. The van der Waals surface area contributed by atoms with Crippen molar-refractivity contribution in [3.05, 3.63) is 0 Å². The van der Waals surface area contributed by atoms with Crippen LogP contribution in [0.4, 0.5) is 0 Å². The van der Waals surface area contributed by atoms with Crippen molar-refractivity contribution < 1.29 is 14.3 Å². The quantitative estimate of drug-likeness (QED) is 0.234. The second-order valence-electron chi connectivity index (χ2n) is 4.81. The summed E-state index contributed by atoms with van der Waals surface area (Å²) in [4.78, 5) is 11.6. The molecule has 0 saturated carbocycles. The van der Waals surface area contributed by atoms with E-state index in [9.17, 15) is 4.79 Å². The SMILES string of the molecule is CCCCCCCCCC(=O)C#CC(OCC)OCC. The molecule has 0 amide bonds. The second-order valence-corrected chi connectivity index (χ2v) is 4.81. The molecule has 0 aromatic heterocycles. The van der Waals surface area contributed by atoms with Gasteiger partial charge in [-0.25, -0.2) is 0 Å². The van der Waals surface area contributed by atoms with Gasteiger partial charge in [0.15, 0.2) is 0 Å². The van der Waals surface area contributed by atoms with Gasteiger partial charge in [0.05, 0.1) is 0 Å². The molecule has 116 valence electrons. The first-order valence-corrected chi connectivity index (χ1v) is 8.02. The van der Waals surface area contributed by atoms with Crippen LogP contribution < -0.4 is 0 Å². The summed E-state index contributed by atoms with van der Waals surface area (Å²) < 4.78 is 10.5. The molecule has 0 aliphatic rings. The van der Waals surface area contributed by atoms with Gasteiger partial charge in [-0.1, -0.05) is 45.4 Å². The van der Waals surface area contributed by atoms with E-state index in [1.165, 1.54) is 32.1 Å². The van der Waals surface area contributed by atoms with E-state index in [1.54, 1.807) is 0 Å². The number of carbonyl (C=O) groups excluding carboxylic acids is 1. The molecule has 0 atom stereocenters. The van der Waals surface area contributed by atoms with Gasteiger partial charge >= 0.3 is 0 Å². The molecule has 0 saturated heterocycles. The van der Waals surface area contributed by atoms with Crippen LogP contribution in [-0.2, 0) is 14.3 Å². The highest BCUT2D eigenvalue weighted by Crippen LogP contribution is 2.08. The van der Waals surface area contributed by atoms with E-state index in [0.29, 0.717) is 19.6 Å². The number of ketones is 1. The van der Waals surface area contributed by atoms with Crippen molar-refractivity contribution in [2.75, 3.05) is 13.2 Å². The number of hydrogen-bond acceptors (Lipinski definition) is 3. The van der Waals surface area contributed by atoms with E-state index < -0.39 is 6.29 Å². The average molecular weight is 282 g/mol. The fraction of sp³-hybridized carbons (Fsp3) is 0.824. The molecule has 0 unspecified atom stereocenters. The van der Waals surface area contributed by atoms with Crippen molar-refractivity contribution in [3.63, 3.8) is 0 Å². The first-order chi connectivity index (χ1) is 9.74. The molecule has 0 spiro atoms. The Kier molecular flexibility index (Phi) is 13.9. The van der Waals surface area contributed by atoms with E-state index in [4.69, 9.17) is 9.47 Å². The molecular weight excluding hydrogens is 252 g/mol. The number of hydrogen-bond donors (Lipinski definition) is 0. The van der Waals surface area contributed by atoms with Crippen LogP contribution in [0.1, 0.15) is 72.1 Å². The van der Waals surface area contributed by atoms with E-state index >= 15 is 0 Å². The first-order valence-electron chi connectivity index (χ1n) is 8.02. The lowest BCUT2D eigenvalue weighted by molar-refractivity contribution is -0.114. The normalized spacial score (nSPS) is 10.4. The Morgan fingerprint density at radius 1 is 0.900 bits per heavy atom. The lowest BCUT2D eigenvalue weighted by atomic mass is 10.1. The van der Waals surface area contributed by atoms with Gasteiger partial charge in [-0.3, -0.25) is 4.79 Å². The molecule has 0 bridgehead atoms. The maximum atomic E-state index is 11.6. The van der Waals surface area contributed by atoms with Crippen LogP contribution in [0.25, 0.3) is 0 Å². The standard InChI is InChI=1S/C17H30O3/c1-4-7-8-9-10-11-12-13-16(18)14-15-17(19-5-2)20-6-3/h17H,4-13H2,1-3H3. The predicted octanol–water partition coefficient (Wildman–Crippen LogP) is 4.10. The van der Waals surface area contributed by atoms with Crippen molar-refractivity contribution in [3.8, 4) is 11.8 Å². The van der Waals surface area contributed by atoms with Crippen molar-refractivity contribution in [2.24, 2.45) is 0 Å². The molecule has 0 aromatic rings. The fourth-order valence-electron chi connectivity index (χ4n) is 1.88. The summed E-state index contributed by atoms with van der Waals surface area (Å²) in [6.45, 7) is 7.05. The maximum Gasteiger partial charge on any atom is 0.222 e.